The molecule has 0 spiro atoms. The molecule has 19 heavy (non-hydrogen) atoms. The third-order valence-electron chi connectivity index (χ3n) is 2.86. The van der Waals surface area contributed by atoms with Crippen LogP contribution in [-0.2, 0) is 10.0 Å². The summed E-state index contributed by atoms with van der Waals surface area (Å²) in [6, 6.07) is 3.92. The van der Waals surface area contributed by atoms with E-state index in [1.54, 1.807) is 0 Å². The fourth-order valence-corrected chi connectivity index (χ4v) is 4.06. The Bertz CT molecular complexity index is 646. The first-order valence-corrected chi connectivity index (χ1v) is 7.54. The van der Waals surface area contributed by atoms with Crippen LogP contribution in [0.15, 0.2) is 18.2 Å². The standard InChI is InChI=1S/C13H15FN2O2S/c1-10-8-16(19(17,18)9-10)13-5-4-12(14)7-11(13)3-2-6-15/h4-5,7,10H,6,8-9,15H2,1H3. The Balaban J connectivity index is 2.51. The van der Waals surface area contributed by atoms with Gasteiger partial charge in [-0.3, -0.25) is 4.31 Å². The first kappa shape index (κ1) is 13.8. The Morgan fingerprint density at radius 1 is 1.53 bits per heavy atom. The predicted molar refractivity (Wildman–Crippen MR) is 72.6 cm³/mol. The number of hydrogen-bond acceptors (Lipinski definition) is 3. The van der Waals surface area contributed by atoms with Crippen molar-refractivity contribution in [3.8, 4) is 11.8 Å². The molecule has 0 bridgehead atoms. The van der Waals surface area contributed by atoms with Crippen molar-refractivity contribution in [3.05, 3.63) is 29.6 Å². The van der Waals surface area contributed by atoms with Gasteiger partial charge in [0, 0.05) is 6.54 Å². The molecular formula is C13H15FN2O2S. The van der Waals surface area contributed by atoms with Crippen LogP contribution in [0.5, 0.6) is 0 Å². The van der Waals surface area contributed by atoms with Gasteiger partial charge in [0.25, 0.3) is 0 Å². The Kier molecular flexibility index (Phi) is 3.78. The molecule has 4 nitrogen and oxygen atoms in total. The summed E-state index contributed by atoms with van der Waals surface area (Å²) in [5.74, 6) is 5.05. The van der Waals surface area contributed by atoms with Gasteiger partial charge in [0.15, 0.2) is 0 Å². The van der Waals surface area contributed by atoms with Crippen molar-refractivity contribution in [1.82, 2.24) is 0 Å². The number of nitrogens with two attached hydrogens (primary N) is 1. The van der Waals surface area contributed by atoms with E-state index < -0.39 is 15.8 Å². The lowest BCUT2D eigenvalue weighted by Gasteiger charge is -2.18. The van der Waals surface area contributed by atoms with Crippen molar-refractivity contribution < 1.29 is 12.8 Å². The zero-order valence-corrected chi connectivity index (χ0v) is 11.4. The first-order valence-electron chi connectivity index (χ1n) is 5.93. The summed E-state index contributed by atoms with van der Waals surface area (Å²) in [6.07, 6.45) is 0. The molecule has 1 fully saturated rings. The second-order valence-electron chi connectivity index (χ2n) is 4.58. The maximum absolute atomic E-state index is 13.3. The van der Waals surface area contributed by atoms with E-state index in [4.69, 9.17) is 5.73 Å². The lowest BCUT2D eigenvalue weighted by Crippen LogP contribution is -2.26. The Labute approximate surface area is 112 Å². The van der Waals surface area contributed by atoms with Crippen molar-refractivity contribution in [2.75, 3.05) is 23.1 Å². The highest BCUT2D eigenvalue weighted by molar-refractivity contribution is 7.93. The molecule has 0 amide bonds. The molecule has 2 N–H and O–H groups in total. The maximum atomic E-state index is 13.3. The molecule has 1 unspecified atom stereocenters. The summed E-state index contributed by atoms with van der Waals surface area (Å²) in [5.41, 5.74) is 6.07. The van der Waals surface area contributed by atoms with Crippen molar-refractivity contribution in [1.29, 1.82) is 0 Å². The second kappa shape index (κ2) is 5.19. The van der Waals surface area contributed by atoms with Crippen LogP contribution < -0.4 is 10.0 Å². The third kappa shape index (κ3) is 2.88. The number of sulfonamides is 1. The minimum absolute atomic E-state index is 0.0466. The van der Waals surface area contributed by atoms with Gasteiger partial charge in [-0.1, -0.05) is 18.8 Å². The average molecular weight is 282 g/mol. The minimum Gasteiger partial charge on any atom is -0.320 e. The van der Waals surface area contributed by atoms with E-state index in [1.807, 2.05) is 6.92 Å². The molecule has 1 heterocycles. The van der Waals surface area contributed by atoms with Crippen LogP contribution in [0.1, 0.15) is 12.5 Å². The van der Waals surface area contributed by atoms with E-state index in [0.717, 1.165) is 0 Å². The molecule has 102 valence electrons. The average Bonchev–Trinajstić information content (AvgIpc) is 2.60. The van der Waals surface area contributed by atoms with Gasteiger partial charge >= 0.3 is 0 Å². The number of halogens is 1. The number of rotatable bonds is 1. The molecule has 0 aromatic heterocycles. The molecule has 0 aliphatic carbocycles. The number of nitrogens with zero attached hydrogens (tertiary/aromatic N) is 1. The highest BCUT2D eigenvalue weighted by Crippen LogP contribution is 2.29. The van der Waals surface area contributed by atoms with Crippen molar-refractivity contribution in [2.45, 2.75) is 6.92 Å². The zero-order chi connectivity index (χ0) is 14.0. The monoisotopic (exact) mass is 282 g/mol. The summed E-state index contributed by atoms with van der Waals surface area (Å²) >= 11 is 0. The highest BCUT2D eigenvalue weighted by Gasteiger charge is 2.34. The van der Waals surface area contributed by atoms with Crippen LogP contribution in [0.4, 0.5) is 10.1 Å². The minimum atomic E-state index is -3.34. The predicted octanol–water partition coefficient (Wildman–Crippen LogP) is 0.922. The summed E-state index contributed by atoms with van der Waals surface area (Å²) in [4.78, 5) is 0. The van der Waals surface area contributed by atoms with E-state index >= 15 is 0 Å². The number of hydrogen-bond donors (Lipinski definition) is 1. The van der Waals surface area contributed by atoms with Crippen molar-refractivity contribution in [2.24, 2.45) is 11.7 Å². The molecule has 2 rings (SSSR count). The zero-order valence-electron chi connectivity index (χ0n) is 10.6. The highest BCUT2D eigenvalue weighted by atomic mass is 32.2. The van der Waals surface area contributed by atoms with Crippen LogP contribution in [0, 0.1) is 23.6 Å². The molecule has 1 aromatic carbocycles. The summed E-state index contributed by atoms with van der Waals surface area (Å²) in [7, 11) is -3.34. The molecule has 1 atom stereocenters. The lowest BCUT2D eigenvalue weighted by molar-refractivity contribution is 0.597. The largest absolute Gasteiger partial charge is 0.320 e. The Morgan fingerprint density at radius 2 is 2.26 bits per heavy atom. The summed E-state index contributed by atoms with van der Waals surface area (Å²) in [6.45, 7) is 2.40. The number of benzene rings is 1. The van der Waals surface area contributed by atoms with E-state index in [-0.39, 0.29) is 18.2 Å². The van der Waals surface area contributed by atoms with E-state index in [0.29, 0.717) is 17.8 Å². The van der Waals surface area contributed by atoms with Gasteiger partial charge in [0.05, 0.1) is 23.5 Å². The lowest BCUT2D eigenvalue weighted by atomic mass is 10.1. The van der Waals surface area contributed by atoms with Gasteiger partial charge in [-0.15, -0.1) is 0 Å². The topological polar surface area (TPSA) is 63.4 Å². The van der Waals surface area contributed by atoms with Crippen molar-refractivity contribution >= 4 is 15.7 Å². The second-order valence-corrected chi connectivity index (χ2v) is 6.52. The SMILES string of the molecule is CC1CN(c2ccc(F)cc2C#CCN)S(=O)(=O)C1. The molecule has 0 saturated carbocycles. The Hall–Kier alpha value is -1.58. The normalized spacial score (nSPS) is 21.0. The van der Waals surface area contributed by atoms with Crippen molar-refractivity contribution in [3.63, 3.8) is 0 Å². The van der Waals surface area contributed by atoms with E-state index in [9.17, 15) is 12.8 Å². The van der Waals surface area contributed by atoms with Crippen LogP contribution >= 0.6 is 0 Å². The fraction of sp³-hybridized carbons (Fsp3) is 0.385. The molecular weight excluding hydrogens is 267 g/mol. The molecule has 1 aliphatic heterocycles. The third-order valence-corrected chi connectivity index (χ3v) is 4.87. The van der Waals surface area contributed by atoms with Gasteiger partial charge in [0.2, 0.25) is 10.0 Å². The molecule has 1 saturated heterocycles. The summed E-state index contributed by atoms with van der Waals surface area (Å²) in [5, 5.41) is 0. The molecule has 1 aliphatic rings. The molecule has 1 aromatic rings. The smallest absolute Gasteiger partial charge is 0.235 e. The Morgan fingerprint density at radius 3 is 2.84 bits per heavy atom. The molecule has 6 heteroatoms. The van der Waals surface area contributed by atoms with E-state index in [1.165, 1.54) is 22.5 Å². The van der Waals surface area contributed by atoms with Crippen LogP contribution in [0.25, 0.3) is 0 Å². The maximum Gasteiger partial charge on any atom is 0.235 e. The first-order chi connectivity index (χ1) is 8.94. The van der Waals surface area contributed by atoms with Gasteiger partial charge in [0.1, 0.15) is 5.82 Å². The van der Waals surface area contributed by atoms with Gasteiger partial charge in [-0.2, -0.15) is 0 Å². The van der Waals surface area contributed by atoms with Crippen LogP contribution in [0.3, 0.4) is 0 Å². The van der Waals surface area contributed by atoms with Gasteiger partial charge in [-0.05, 0) is 24.1 Å². The quantitative estimate of drug-likeness (QED) is 0.779. The fourth-order valence-electron chi connectivity index (χ4n) is 2.12. The van der Waals surface area contributed by atoms with E-state index in [2.05, 4.69) is 11.8 Å². The summed E-state index contributed by atoms with van der Waals surface area (Å²) < 4.78 is 38.7. The number of anilines is 1. The van der Waals surface area contributed by atoms with Crippen LogP contribution in [0.2, 0.25) is 0 Å². The van der Waals surface area contributed by atoms with Gasteiger partial charge in [-0.25, -0.2) is 12.8 Å². The van der Waals surface area contributed by atoms with Gasteiger partial charge < -0.3 is 5.73 Å². The molecule has 0 radical (unpaired) electrons. The van der Waals surface area contributed by atoms with Crippen LogP contribution in [-0.4, -0.2) is 27.3 Å².